The molecule has 4 nitrogen and oxygen atoms in total. The third kappa shape index (κ3) is 2.49. The van der Waals surface area contributed by atoms with Gasteiger partial charge >= 0.3 is 0 Å². The quantitative estimate of drug-likeness (QED) is 0.925. The molecule has 0 bridgehead atoms. The van der Waals surface area contributed by atoms with Gasteiger partial charge < -0.3 is 15.0 Å². The highest BCUT2D eigenvalue weighted by Crippen LogP contribution is 2.29. The van der Waals surface area contributed by atoms with Crippen LogP contribution in [0.5, 0.6) is 0 Å². The van der Waals surface area contributed by atoms with Gasteiger partial charge in [0.2, 0.25) is 0 Å². The van der Waals surface area contributed by atoms with Crippen molar-refractivity contribution in [2.75, 3.05) is 32.2 Å². The van der Waals surface area contributed by atoms with E-state index in [9.17, 15) is 0 Å². The topological polar surface area (TPSA) is 37.4 Å². The zero-order chi connectivity index (χ0) is 13.9. The molecule has 4 heteroatoms. The van der Waals surface area contributed by atoms with Crippen LogP contribution in [0.25, 0.3) is 10.9 Å². The molecule has 1 saturated heterocycles. The second-order valence-corrected chi connectivity index (χ2v) is 5.31. The minimum Gasteiger partial charge on any atom is -0.379 e. The van der Waals surface area contributed by atoms with Crippen LogP contribution in [0.4, 0.5) is 5.69 Å². The highest BCUT2D eigenvalue weighted by Gasteiger charge is 2.22. The Morgan fingerprint density at radius 3 is 3.00 bits per heavy atom. The van der Waals surface area contributed by atoms with Gasteiger partial charge in [0.25, 0.3) is 0 Å². The van der Waals surface area contributed by atoms with Gasteiger partial charge in [-0.25, -0.2) is 0 Å². The summed E-state index contributed by atoms with van der Waals surface area (Å²) in [5.41, 5.74) is 3.38. The van der Waals surface area contributed by atoms with Crippen LogP contribution < -0.4 is 10.2 Å². The maximum atomic E-state index is 5.52. The summed E-state index contributed by atoms with van der Waals surface area (Å²) in [7, 11) is 4.11. The van der Waals surface area contributed by atoms with Gasteiger partial charge in [-0.3, -0.25) is 4.98 Å². The molecule has 3 rings (SSSR count). The van der Waals surface area contributed by atoms with Gasteiger partial charge in [-0.2, -0.15) is 0 Å². The van der Waals surface area contributed by atoms with E-state index in [-0.39, 0.29) is 0 Å². The van der Waals surface area contributed by atoms with Crippen molar-refractivity contribution in [2.45, 2.75) is 19.0 Å². The molecule has 106 valence electrons. The lowest BCUT2D eigenvalue weighted by Crippen LogP contribution is -2.32. The zero-order valence-corrected chi connectivity index (χ0v) is 12.1. The fourth-order valence-electron chi connectivity index (χ4n) is 2.80. The molecule has 0 aliphatic carbocycles. The van der Waals surface area contributed by atoms with E-state index >= 15 is 0 Å². The first-order valence-corrected chi connectivity index (χ1v) is 7.13. The Bertz CT molecular complexity index is 593. The van der Waals surface area contributed by atoms with Crippen molar-refractivity contribution in [3.63, 3.8) is 0 Å². The lowest BCUT2D eigenvalue weighted by molar-refractivity contribution is 0.193. The van der Waals surface area contributed by atoms with Crippen molar-refractivity contribution in [1.82, 2.24) is 10.3 Å². The van der Waals surface area contributed by atoms with Gasteiger partial charge in [-0.1, -0.05) is 18.2 Å². The number of nitrogens with zero attached hydrogens (tertiary/aromatic N) is 2. The third-order valence-electron chi connectivity index (χ3n) is 3.94. The van der Waals surface area contributed by atoms with E-state index in [1.54, 1.807) is 0 Å². The summed E-state index contributed by atoms with van der Waals surface area (Å²) in [5, 5.41) is 4.39. The zero-order valence-electron chi connectivity index (χ0n) is 12.1. The molecule has 1 aliphatic rings. The van der Waals surface area contributed by atoms with Gasteiger partial charge in [0.15, 0.2) is 0 Å². The predicted octanol–water partition coefficient (Wildman–Crippen LogP) is 2.18. The van der Waals surface area contributed by atoms with Crippen LogP contribution in [0.1, 0.15) is 12.1 Å². The molecule has 2 aromatic rings. The minimum atomic E-state index is 0.461. The minimum absolute atomic E-state index is 0.461. The smallest absolute Gasteiger partial charge is 0.0726 e. The van der Waals surface area contributed by atoms with Crippen LogP contribution in [0.2, 0.25) is 0 Å². The maximum absolute atomic E-state index is 5.52. The Kier molecular flexibility index (Phi) is 3.85. The first-order valence-electron chi connectivity index (χ1n) is 7.13. The number of nitrogens with one attached hydrogen (secondary N) is 1. The first-order chi connectivity index (χ1) is 9.79. The molecule has 20 heavy (non-hydrogen) atoms. The second kappa shape index (κ2) is 5.77. The van der Waals surface area contributed by atoms with Crippen molar-refractivity contribution in [3.05, 3.63) is 36.0 Å². The standard InChI is InChI=1S/C16H21N3O/c1-17-10-12-9-16(19(2)13-7-8-20-11-13)14-5-3-4-6-15(14)18-12/h3-6,9,13,17H,7-8,10-11H2,1-2H3. The molecular formula is C16H21N3O. The van der Waals surface area contributed by atoms with Crippen molar-refractivity contribution < 1.29 is 4.74 Å². The SMILES string of the molecule is CNCc1cc(N(C)C2CCOC2)c2ccccc2n1. The fourth-order valence-corrected chi connectivity index (χ4v) is 2.80. The number of pyridine rings is 1. The number of aromatic nitrogens is 1. The van der Waals surface area contributed by atoms with E-state index in [0.717, 1.165) is 37.4 Å². The number of para-hydroxylation sites is 1. The molecule has 1 N–H and O–H groups in total. The van der Waals surface area contributed by atoms with Crippen molar-refractivity contribution in [1.29, 1.82) is 0 Å². The van der Waals surface area contributed by atoms with E-state index in [2.05, 4.69) is 41.5 Å². The van der Waals surface area contributed by atoms with E-state index in [0.29, 0.717) is 6.04 Å². The number of hydrogen-bond acceptors (Lipinski definition) is 4. The average Bonchev–Trinajstić information content (AvgIpc) is 3.00. The Hall–Kier alpha value is -1.65. The number of fused-ring (bicyclic) bond motifs is 1. The number of rotatable bonds is 4. The van der Waals surface area contributed by atoms with Crippen molar-refractivity contribution in [3.8, 4) is 0 Å². The van der Waals surface area contributed by atoms with Crippen LogP contribution >= 0.6 is 0 Å². The molecule has 0 saturated carbocycles. The van der Waals surface area contributed by atoms with Gasteiger partial charge in [0.05, 0.1) is 23.9 Å². The predicted molar refractivity (Wildman–Crippen MR) is 82.1 cm³/mol. The van der Waals surface area contributed by atoms with Gasteiger partial charge in [0.1, 0.15) is 0 Å². The largest absolute Gasteiger partial charge is 0.379 e. The summed E-state index contributed by atoms with van der Waals surface area (Å²) in [5.74, 6) is 0. The highest BCUT2D eigenvalue weighted by atomic mass is 16.5. The number of benzene rings is 1. The van der Waals surface area contributed by atoms with Crippen LogP contribution in [0, 0.1) is 0 Å². The summed E-state index contributed by atoms with van der Waals surface area (Å²) in [6, 6.07) is 11.0. The van der Waals surface area contributed by atoms with E-state index < -0.39 is 0 Å². The first kappa shape index (κ1) is 13.3. The Morgan fingerprint density at radius 2 is 2.25 bits per heavy atom. The van der Waals surface area contributed by atoms with Crippen LogP contribution in [-0.4, -0.2) is 38.3 Å². The normalized spacial score (nSPS) is 18.6. The molecule has 1 aromatic carbocycles. The third-order valence-corrected chi connectivity index (χ3v) is 3.94. The molecule has 0 spiro atoms. The monoisotopic (exact) mass is 271 g/mol. The summed E-state index contributed by atoms with van der Waals surface area (Å²) in [6.45, 7) is 2.46. The molecule has 1 aliphatic heterocycles. The highest BCUT2D eigenvalue weighted by molar-refractivity contribution is 5.92. The van der Waals surface area contributed by atoms with E-state index in [1.165, 1.54) is 11.1 Å². The summed E-state index contributed by atoms with van der Waals surface area (Å²) in [4.78, 5) is 7.06. The molecule has 1 fully saturated rings. The van der Waals surface area contributed by atoms with Crippen molar-refractivity contribution in [2.24, 2.45) is 0 Å². The number of likely N-dealkylation sites (N-methyl/N-ethyl adjacent to an activating group) is 1. The maximum Gasteiger partial charge on any atom is 0.0726 e. The molecule has 1 aromatic heterocycles. The van der Waals surface area contributed by atoms with Gasteiger partial charge in [0, 0.05) is 31.3 Å². The second-order valence-electron chi connectivity index (χ2n) is 5.31. The molecular weight excluding hydrogens is 250 g/mol. The number of ether oxygens (including phenoxy) is 1. The lowest BCUT2D eigenvalue weighted by Gasteiger charge is -2.27. The average molecular weight is 271 g/mol. The van der Waals surface area contributed by atoms with Gasteiger partial charge in [-0.15, -0.1) is 0 Å². The summed E-state index contributed by atoms with van der Waals surface area (Å²) in [6.07, 6.45) is 1.09. The Labute approximate surface area is 119 Å². The Balaban J connectivity index is 2.06. The van der Waals surface area contributed by atoms with Crippen LogP contribution in [0.15, 0.2) is 30.3 Å². The van der Waals surface area contributed by atoms with Gasteiger partial charge in [-0.05, 0) is 25.6 Å². The number of hydrogen-bond donors (Lipinski definition) is 1. The van der Waals surface area contributed by atoms with Crippen molar-refractivity contribution >= 4 is 16.6 Å². The van der Waals surface area contributed by atoms with E-state index in [1.807, 2.05) is 13.1 Å². The molecule has 1 unspecified atom stereocenters. The summed E-state index contributed by atoms with van der Waals surface area (Å²) >= 11 is 0. The van der Waals surface area contributed by atoms with Crippen LogP contribution in [0.3, 0.4) is 0 Å². The van der Waals surface area contributed by atoms with Crippen LogP contribution in [-0.2, 0) is 11.3 Å². The Morgan fingerprint density at radius 1 is 1.40 bits per heavy atom. The lowest BCUT2D eigenvalue weighted by atomic mass is 10.1. The molecule has 1 atom stereocenters. The molecule has 0 radical (unpaired) electrons. The van der Waals surface area contributed by atoms with E-state index in [4.69, 9.17) is 9.72 Å². The summed E-state index contributed by atoms with van der Waals surface area (Å²) < 4.78 is 5.52. The fraction of sp³-hybridized carbons (Fsp3) is 0.438. The molecule has 2 heterocycles. The molecule has 0 amide bonds. The number of anilines is 1.